The Morgan fingerprint density at radius 2 is 1.58 bits per heavy atom. The molecule has 0 radical (unpaired) electrons. The third kappa shape index (κ3) is 6.63. The van der Waals surface area contributed by atoms with E-state index in [4.69, 9.17) is 11.6 Å². The van der Waals surface area contributed by atoms with Gasteiger partial charge in [0.1, 0.15) is 6.04 Å². The number of hydrogen-bond donors (Lipinski definition) is 1. The monoisotopic (exact) mass is 529 g/mol. The highest BCUT2D eigenvalue weighted by Crippen LogP contribution is 2.22. The van der Waals surface area contributed by atoms with Crippen LogP contribution < -0.4 is 5.32 Å². The molecule has 0 aromatic heterocycles. The van der Waals surface area contributed by atoms with E-state index in [-0.39, 0.29) is 23.3 Å². The van der Waals surface area contributed by atoms with Gasteiger partial charge < -0.3 is 10.2 Å². The fourth-order valence-corrected chi connectivity index (χ4v) is 5.07. The number of nitrogens with one attached hydrogen (secondary N) is 1. The van der Waals surface area contributed by atoms with Crippen LogP contribution in [-0.4, -0.2) is 55.6 Å². The van der Waals surface area contributed by atoms with Crippen LogP contribution in [0.3, 0.4) is 0 Å². The maximum atomic E-state index is 13.4. The van der Waals surface area contributed by atoms with Gasteiger partial charge in [-0.2, -0.15) is 4.31 Å². The summed E-state index contributed by atoms with van der Waals surface area (Å²) in [5, 5.41) is 5.01. The lowest BCUT2D eigenvalue weighted by molar-refractivity contribution is -0.140. The highest BCUT2D eigenvalue weighted by molar-refractivity contribution is 7.89. The molecular weight excluding hydrogens is 498 g/mol. The summed E-state index contributed by atoms with van der Waals surface area (Å²) in [6.07, 6.45) is 0. The zero-order chi connectivity index (χ0) is 26.5. The Balaban J connectivity index is 1.84. The predicted molar refractivity (Wildman–Crippen MR) is 143 cm³/mol. The van der Waals surface area contributed by atoms with E-state index in [0.29, 0.717) is 17.1 Å². The Hall–Kier alpha value is -2.94. The first-order valence-corrected chi connectivity index (χ1v) is 13.6. The minimum atomic E-state index is -3.95. The normalized spacial score (nSPS) is 12.6. The minimum Gasteiger partial charge on any atom is -0.354 e. The Kier molecular flexibility index (Phi) is 9.11. The molecule has 0 aliphatic rings. The van der Waals surface area contributed by atoms with Crippen molar-refractivity contribution in [3.05, 3.63) is 77.3 Å². The molecule has 1 atom stereocenters. The molecule has 3 aromatic rings. The fourth-order valence-electron chi connectivity index (χ4n) is 3.72. The molecule has 0 bridgehead atoms. The summed E-state index contributed by atoms with van der Waals surface area (Å²) in [6, 6.07) is 18.5. The topological polar surface area (TPSA) is 86.8 Å². The fraction of sp³-hybridized carbons (Fsp3) is 0.333. The number of benzene rings is 3. The Labute approximate surface area is 218 Å². The van der Waals surface area contributed by atoms with Crippen LogP contribution in [-0.2, 0) is 26.2 Å². The number of hydrogen-bond acceptors (Lipinski definition) is 4. The first-order valence-electron chi connectivity index (χ1n) is 11.8. The van der Waals surface area contributed by atoms with Crippen LogP contribution in [0.1, 0.15) is 26.3 Å². The molecule has 0 fully saturated rings. The van der Waals surface area contributed by atoms with Crippen molar-refractivity contribution < 1.29 is 18.0 Å². The number of carbonyl (C=O) groups is 2. The van der Waals surface area contributed by atoms with E-state index in [9.17, 15) is 18.0 Å². The van der Waals surface area contributed by atoms with Crippen LogP contribution in [0.4, 0.5) is 0 Å². The number of rotatable bonds is 10. The van der Waals surface area contributed by atoms with Gasteiger partial charge in [0.25, 0.3) is 0 Å². The van der Waals surface area contributed by atoms with Crippen LogP contribution in [0.2, 0.25) is 5.02 Å². The molecule has 7 nitrogen and oxygen atoms in total. The van der Waals surface area contributed by atoms with Gasteiger partial charge >= 0.3 is 0 Å². The zero-order valence-corrected chi connectivity index (χ0v) is 22.5. The van der Waals surface area contributed by atoms with E-state index >= 15 is 0 Å². The molecule has 0 aliphatic carbocycles. The van der Waals surface area contributed by atoms with Crippen LogP contribution in [0, 0.1) is 5.92 Å². The molecule has 0 aliphatic heterocycles. The molecule has 0 saturated carbocycles. The van der Waals surface area contributed by atoms with Crippen molar-refractivity contribution >= 4 is 44.2 Å². The molecule has 0 unspecified atom stereocenters. The predicted octanol–water partition coefficient (Wildman–Crippen LogP) is 4.30. The van der Waals surface area contributed by atoms with Crippen molar-refractivity contribution in [3.63, 3.8) is 0 Å². The zero-order valence-electron chi connectivity index (χ0n) is 20.9. The summed E-state index contributed by atoms with van der Waals surface area (Å²) in [4.78, 5) is 27.7. The Bertz CT molecular complexity index is 1340. The van der Waals surface area contributed by atoms with Crippen molar-refractivity contribution in [1.82, 2.24) is 14.5 Å². The maximum Gasteiger partial charge on any atom is 0.243 e. The molecule has 0 saturated heterocycles. The van der Waals surface area contributed by atoms with Gasteiger partial charge in [-0.3, -0.25) is 9.59 Å². The van der Waals surface area contributed by atoms with Gasteiger partial charge in [-0.25, -0.2) is 8.42 Å². The number of halogens is 1. The molecule has 0 spiro atoms. The van der Waals surface area contributed by atoms with E-state index in [1.54, 1.807) is 43.3 Å². The summed E-state index contributed by atoms with van der Waals surface area (Å²) >= 11 is 6.32. The largest absolute Gasteiger partial charge is 0.354 e. The van der Waals surface area contributed by atoms with Crippen molar-refractivity contribution in [2.24, 2.45) is 5.92 Å². The first-order chi connectivity index (χ1) is 17.0. The molecular formula is C27H32ClN3O4S. The van der Waals surface area contributed by atoms with Crippen LogP contribution in [0.25, 0.3) is 10.8 Å². The van der Waals surface area contributed by atoms with Gasteiger partial charge in [0.05, 0.1) is 11.4 Å². The van der Waals surface area contributed by atoms with Gasteiger partial charge in [-0.05, 0) is 47.4 Å². The van der Waals surface area contributed by atoms with E-state index in [1.165, 1.54) is 18.0 Å². The van der Waals surface area contributed by atoms with Gasteiger partial charge in [0, 0.05) is 25.2 Å². The number of carbonyl (C=O) groups excluding carboxylic acids is 2. The van der Waals surface area contributed by atoms with Gasteiger partial charge in [0.2, 0.25) is 21.8 Å². The SMILES string of the molecule is CC(C)CNC(=O)[C@H](C)N(Cc1ccccc1Cl)C(=O)CN(C)S(=O)(=O)c1ccc2ccccc2c1. The third-order valence-corrected chi connectivity index (χ3v) is 8.11. The molecule has 2 amide bonds. The number of amides is 2. The highest BCUT2D eigenvalue weighted by Gasteiger charge is 2.30. The number of fused-ring (bicyclic) bond motifs is 1. The summed E-state index contributed by atoms with van der Waals surface area (Å²) in [6.45, 7) is 5.68. The van der Waals surface area contributed by atoms with Crippen molar-refractivity contribution in [2.45, 2.75) is 38.3 Å². The molecule has 1 N–H and O–H groups in total. The summed E-state index contributed by atoms with van der Waals surface area (Å²) in [5.41, 5.74) is 0.663. The number of nitrogens with zero attached hydrogens (tertiary/aromatic N) is 2. The molecule has 0 heterocycles. The van der Waals surface area contributed by atoms with Crippen LogP contribution in [0.5, 0.6) is 0 Å². The standard InChI is InChI=1S/C27H32ClN3O4S/c1-19(2)16-29-27(33)20(3)31(17-23-11-7-8-12-25(23)28)26(32)18-30(4)36(34,35)24-14-13-21-9-5-6-10-22(21)15-24/h5-15,19-20H,16-18H2,1-4H3,(H,29,33)/t20-/m0/s1. The average molecular weight is 530 g/mol. The van der Waals surface area contributed by atoms with E-state index < -0.39 is 28.5 Å². The number of likely N-dealkylation sites (N-methyl/N-ethyl adjacent to an activating group) is 1. The lowest BCUT2D eigenvalue weighted by Crippen LogP contribution is -2.51. The summed E-state index contributed by atoms with van der Waals surface area (Å²) in [7, 11) is -2.59. The highest BCUT2D eigenvalue weighted by atomic mass is 35.5. The van der Waals surface area contributed by atoms with E-state index in [0.717, 1.165) is 15.1 Å². The molecule has 3 aromatic carbocycles. The summed E-state index contributed by atoms with van der Waals surface area (Å²) in [5.74, 6) is -0.578. The van der Waals surface area contributed by atoms with E-state index in [1.807, 2.05) is 38.1 Å². The molecule has 9 heteroatoms. The van der Waals surface area contributed by atoms with Gasteiger partial charge in [0.15, 0.2) is 0 Å². The Morgan fingerprint density at radius 3 is 2.25 bits per heavy atom. The quantitative estimate of drug-likeness (QED) is 0.424. The first kappa shape index (κ1) is 27.6. The molecule has 192 valence electrons. The van der Waals surface area contributed by atoms with Gasteiger partial charge in [-0.1, -0.05) is 74.0 Å². The third-order valence-electron chi connectivity index (χ3n) is 5.94. The van der Waals surface area contributed by atoms with E-state index in [2.05, 4.69) is 5.32 Å². The van der Waals surface area contributed by atoms with Crippen molar-refractivity contribution in [2.75, 3.05) is 20.1 Å². The Morgan fingerprint density at radius 1 is 0.944 bits per heavy atom. The van der Waals surface area contributed by atoms with Gasteiger partial charge in [-0.15, -0.1) is 0 Å². The second-order valence-corrected chi connectivity index (χ2v) is 11.7. The maximum absolute atomic E-state index is 13.4. The molecule has 3 rings (SSSR count). The average Bonchev–Trinajstić information content (AvgIpc) is 2.85. The molecule has 36 heavy (non-hydrogen) atoms. The lowest BCUT2D eigenvalue weighted by Gasteiger charge is -2.30. The summed E-state index contributed by atoms with van der Waals surface area (Å²) < 4.78 is 27.6. The lowest BCUT2D eigenvalue weighted by atomic mass is 10.1. The van der Waals surface area contributed by atoms with Crippen LogP contribution in [0.15, 0.2) is 71.6 Å². The van der Waals surface area contributed by atoms with Crippen molar-refractivity contribution in [3.8, 4) is 0 Å². The van der Waals surface area contributed by atoms with Crippen molar-refractivity contribution in [1.29, 1.82) is 0 Å². The van der Waals surface area contributed by atoms with Crippen LogP contribution >= 0.6 is 11.6 Å². The second kappa shape index (κ2) is 11.9. The smallest absolute Gasteiger partial charge is 0.243 e. The minimum absolute atomic E-state index is 0.0681. The number of sulfonamides is 1. The second-order valence-electron chi connectivity index (χ2n) is 9.20.